The average Bonchev–Trinajstić information content (AvgIpc) is 2.90. The summed E-state index contributed by atoms with van der Waals surface area (Å²) in [5.41, 5.74) is 2.67. The Labute approximate surface area is 164 Å². The molecule has 0 aromatic carbocycles. The largest absolute Gasteiger partial charge is 0.311 e. The fraction of sp³-hybridized carbons (Fsp3) is 0.864. The van der Waals surface area contributed by atoms with E-state index in [9.17, 15) is 0 Å². The Kier molecular flexibility index (Phi) is 5.27. The summed E-state index contributed by atoms with van der Waals surface area (Å²) in [5, 5.41) is 8.46. The maximum atomic E-state index is 4.94. The molecule has 0 spiro atoms. The maximum Gasteiger partial charge on any atom is 0.0768 e. The van der Waals surface area contributed by atoms with Gasteiger partial charge >= 0.3 is 0 Å². The van der Waals surface area contributed by atoms with E-state index in [4.69, 9.17) is 5.10 Å². The van der Waals surface area contributed by atoms with Crippen molar-refractivity contribution in [1.82, 2.24) is 24.9 Å². The van der Waals surface area contributed by atoms with Gasteiger partial charge in [-0.3, -0.25) is 14.5 Å². The van der Waals surface area contributed by atoms with Crippen molar-refractivity contribution in [1.29, 1.82) is 0 Å². The Morgan fingerprint density at radius 2 is 2.15 bits per heavy atom. The lowest BCUT2D eigenvalue weighted by Crippen LogP contribution is -2.61. The van der Waals surface area contributed by atoms with Crippen LogP contribution in [0, 0.1) is 11.8 Å². The average molecular weight is 372 g/mol. The maximum absolute atomic E-state index is 4.94. The Balaban J connectivity index is 1.26. The zero-order valence-corrected chi connectivity index (χ0v) is 17.1. The van der Waals surface area contributed by atoms with Crippen molar-refractivity contribution >= 4 is 0 Å². The molecule has 5 rings (SSSR count). The van der Waals surface area contributed by atoms with Crippen LogP contribution in [0.25, 0.3) is 0 Å². The van der Waals surface area contributed by atoms with Crippen molar-refractivity contribution in [2.24, 2.45) is 11.8 Å². The van der Waals surface area contributed by atoms with Gasteiger partial charge in [0.15, 0.2) is 0 Å². The molecular weight excluding hydrogens is 334 g/mol. The highest BCUT2D eigenvalue weighted by Gasteiger charge is 2.44. The molecule has 1 N–H and O–H groups in total. The van der Waals surface area contributed by atoms with Crippen LogP contribution in [0.4, 0.5) is 0 Å². The predicted molar refractivity (Wildman–Crippen MR) is 108 cm³/mol. The molecule has 0 aliphatic carbocycles. The molecule has 4 aliphatic heterocycles. The predicted octanol–water partition coefficient (Wildman–Crippen LogP) is 2.85. The summed E-state index contributed by atoms with van der Waals surface area (Å²) in [7, 11) is 0. The third kappa shape index (κ3) is 3.70. The van der Waals surface area contributed by atoms with Crippen molar-refractivity contribution in [3.8, 4) is 0 Å². The number of aromatic nitrogens is 2. The first-order valence-corrected chi connectivity index (χ1v) is 11.5. The molecule has 0 unspecified atom stereocenters. The summed E-state index contributed by atoms with van der Waals surface area (Å²) >= 11 is 0. The van der Waals surface area contributed by atoms with Gasteiger partial charge in [0, 0.05) is 51.4 Å². The first-order chi connectivity index (χ1) is 13.3. The van der Waals surface area contributed by atoms with E-state index in [0.717, 1.165) is 50.1 Å². The highest BCUT2D eigenvalue weighted by atomic mass is 15.3. The summed E-state index contributed by atoms with van der Waals surface area (Å²) in [5.74, 6) is 1.76. The first-order valence-electron chi connectivity index (χ1n) is 11.5. The SMILES string of the molecule is CCC[C@H]1CCC[C@H]2[C@@H]3C[C@@H](CN(Cc4cc5n(n4)CCCNC5)C3)CN12. The van der Waals surface area contributed by atoms with Gasteiger partial charge in [0.1, 0.15) is 0 Å². The van der Waals surface area contributed by atoms with E-state index >= 15 is 0 Å². The lowest BCUT2D eigenvalue weighted by molar-refractivity contribution is -0.0600. The number of piperidine rings is 3. The number of hydrogen-bond acceptors (Lipinski definition) is 4. The Morgan fingerprint density at radius 1 is 1.19 bits per heavy atom. The minimum atomic E-state index is 0.859. The van der Waals surface area contributed by atoms with Crippen LogP contribution in [0.1, 0.15) is 63.3 Å². The van der Waals surface area contributed by atoms with Crippen LogP contribution in [0.15, 0.2) is 6.07 Å². The van der Waals surface area contributed by atoms with Gasteiger partial charge < -0.3 is 5.32 Å². The van der Waals surface area contributed by atoms with Crippen LogP contribution in [-0.4, -0.2) is 57.8 Å². The summed E-state index contributed by atoms with van der Waals surface area (Å²) < 4.78 is 2.25. The number of hydrogen-bond donors (Lipinski definition) is 1. The minimum Gasteiger partial charge on any atom is -0.311 e. The number of nitrogens with zero attached hydrogens (tertiary/aromatic N) is 4. The van der Waals surface area contributed by atoms with Crippen LogP contribution in [0.3, 0.4) is 0 Å². The molecule has 150 valence electrons. The van der Waals surface area contributed by atoms with Crippen LogP contribution >= 0.6 is 0 Å². The monoisotopic (exact) mass is 371 g/mol. The molecule has 3 fully saturated rings. The molecule has 4 atom stereocenters. The molecule has 0 radical (unpaired) electrons. The second-order valence-electron chi connectivity index (χ2n) is 9.57. The van der Waals surface area contributed by atoms with Crippen LogP contribution < -0.4 is 5.32 Å². The molecule has 2 bridgehead atoms. The molecular formula is C22H37N5. The van der Waals surface area contributed by atoms with Crippen molar-refractivity contribution < 1.29 is 0 Å². The fourth-order valence-electron chi connectivity index (χ4n) is 6.51. The van der Waals surface area contributed by atoms with Gasteiger partial charge in [-0.05, 0) is 56.6 Å². The van der Waals surface area contributed by atoms with E-state index in [0.29, 0.717) is 0 Å². The van der Waals surface area contributed by atoms with Gasteiger partial charge in [-0.15, -0.1) is 0 Å². The second-order valence-corrected chi connectivity index (χ2v) is 9.57. The topological polar surface area (TPSA) is 36.3 Å². The molecule has 1 aromatic heterocycles. The number of rotatable bonds is 4. The number of aryl methyl sites for hydroxylation is 1. The van der Waals surface area contributed by atoms with E-state index in [1.54, 1.807) is 0 Å². The molecule has 3 saturated heterocycles. The molecule has 5 nitrogen and oxygen atoms in total. The van der Waals surface area contributed by atoms with Gasteiger partial charge in [0.05, 0.1) is 11.4 Å². The van der Waals surface area contributed by atoms with E-state index in [1.165, 1.54) is 76.0 Å². The Morgan fingerprint density at radius 3 is 3.07 bits per heavy atom. The van der Waals surface area contributed by atoms with Gasteiger partial charge in [-0.1, -0.05) is 19.8 Å². The third-order valence-electron chi connectivity index (χ3n) is 7.54. The van der Waals surface area contributed by atoms with Gasteiger partial charge in [0.2, 0.25) is 0 Å². The summed E-state index contributed by atoms with van der Waals surface area (Å²) in [6.07, 6.45) is 9.76. The first kappa shape index (κ1) is 18.1. The van der Waals surface area contributed by atoms with Crippen LogP contribution in [0.2, 0.25) is 0 Å². The number of nitrogens with one attached hydrogen (secondary N) is 1. The normalized spacial score (nSPS) is 34.7. The number of likely N-dealkylation sites (tertiary alicyclic amines) is 1. The van der Waals surface area contributed by atoms with E-state index in [2.05, 4.69) is 32.8 Å². The smallest absolute Gasteiger partial charge is 0.0768 e. The molecule has 1 aromatic rings. The van der Waals surface area contributed by atoms with Crippen molar-refractivity contribution in [3.63, 3.8) is 0 Å². The lowest BCUT2D eigenvalue weighted by atomic mass is 9.74. The quantitative estimate of drug-likeness (QED) is 0.883. The van der Waals surface area contributed by atoms with Crippen LogP contribution in [0.5, 0.6) is 0 Å². The standard InChI is InChI=1S/C22H37N5/c1-2-5-20-6-3-7-22-18-10-17(14-26(20)22)13-25(15-18)16-19-11-21-12-23-8-4-9-27(21)24-19/h11,17-18,20,22-23H,2-10,12-16H2,1H3/t17-,18+,20-,22-/m0/s1. The van der Waals surface area contributed by atoms with E-state index in [-0.39, 0.29) is 0 Å². The summed E-state index contributed by atoms with van der Waals surface area (Å²) in [4.78, 5) is 5.68. The molecule has 27 heavy (non-hydrogen) atoms. The summed E-state index contributed by atoms with van der Waals surface area (Å²) in [6, 6.07) is 4.09. The second kappa shape index (κ2) is 7.84. The van der Waals surface area contributed by atoms with Gasteiger partial charge in [-0.25, -0.2) is 0 Å². The lowest BCUT2D eigenvalue weighted by Gasteiger charge is -2.55. The van der Waals surface area contributed by atoms with Crippen LogP contribution in [-0.2, 0) is 19.6 Å². The highest BCUT2D eigenvalue weighted by molar-refractivity contribution is 5.12. The van der Waals surface area contributed by atoms with Gasteiger partial charge in [-0.2, -0.15) is 5.10 Å². The molecule has 4 aliphatic rings. The minimum absolute atomic E-state index is 0.859. The summed E-state index contributed by atoms with van der Waals surface area (Å²) in [6.45, 7) is 10.5. The Bertz CT molecular complexity index is 615. The van der Waals surface area contributed by atoms with Crippen molar-refractivity contribution in [2.45, 2.75) is 83.6 Å². The highest BCUT2D eigenvalue weighted by Crippen LogP contribution is 2.40. The molecule has 0 amide bonds. The fourth-order valence-corrected chi connectivity index (χ4v) is 6.51. The Hall–Kier alpha value is -0.910. The number of fused-ring (bicyclic) bond motifs is 5. The zero-order valence-electron chi connectivity index (χ0n) is 17.1. The zero-order chi connectivity index (χ0) is 18.2. The van der Waals surface area contributed by atoms with Gasteiger partial charge in [0.25, 0.3) is 0 Å². The molecule has 0 saturated carbocycles. The third-order valence-corrected chi connectivity index (χ3v) is 7.54. The molecule has 5 heterocycles. The van der Waals surface area contributed by atoms with Crippen molar-refractivity contribution in [3.05, 3.63) is 17.5 Å². The van der Waals surface area contributed by atoms with Crippen molar-refractivity contribution in [2.75, 3.05) is 26.2 Å². The molecule has 5 heteroatoms. The van der Waals surface area contributed by atoms with E-state index in [1.807, 2.05) is 0 Å². The van der Waals surface area contributed by atoms with E-state index < -0.39 is 0 Å².